The summed E-state index contributed by atoms with van der Waals surface area (Å²) in [5, 5.41) is 6.56. The van der Waals surface area contributed by atoms with Crippen molar-refractivity contribution in [3.05, 3.63) is 0 Å². The summed E-state index contributed by atoms with van der Waals surface area (Å²) >= 11 is 0. The van der Waals surface area contributed by atoms with Crippen molar-refractivity contribution in [1.82, 2.24) is 10.6 Å². The fourth-order valence-corrected chi connectivity index (χ4v) is 2.84. The van der Waals surface area contributed by atoms with E-state index in [9.17, 15) is 4.79 Å². The Morgan fingerprint density at radius 1 is 1.00 bits per heavy atom. The van der Waals surface area contributed by atoms with Crippen LogP contribution in [0.5, 0.6) is 0 Å². The fourth-order valence-electron chi connectivity index (χ4n) is 2.84. The van der Waals surface area contributed by atoms with E-state index in [1.165, 1.54) is 32.1 Å². The van der Waals surface area contributed by atoms with Crippen molar-refractivity contribution in [2.75, 3.05) is 13.1 Å². The minimum atomic E-state index is 0.296. The second-order valence-electron chi connectivity index (χ2n) is 5.24. The summed E-state index contributed by atoms with van der Waals surface area (Å²) in [6.07, 6.45) is 9.64. The number of hydrogen-bond acceptors (Lipinski definition) is 2. The first-order valence-electron chi connectivity index (χ1n) is 6.87. The van der Waals surface area contributed by atoms with Crippen LogP contribution in [0, 0.1) is 5.92 Å². The lowest BCUT2D eigenvalue weighted by molar-refractivity contribution is -0.126. The van der Waals surface area contributed by atoms with Gasteiger partial charge in [0.05, 0.1) is 0 Å². The minimum Gasteiger partial charge on any atom is -0.352 e. The average molecular weight is 224 g/mol. The Labute approximate surface area is 98.4 Å². The molecule has 2 fully saturated rings. The molecule has 1 aliphatic heterocycles. The second kappa shape index (κ2) is 6.24. The third kappa shape index (κ3) is 3.48. The van der Waals surface area contributed by atoms with Gasteiger partial charge in [-0.15, -0.1) is 0 Å². The monoisotopic (exact) mass is 224 g/mol. The quantitative estimate of drug-likeness (QED) is 0.703. The van der Waals surface area contributed by atoms with Crippen LogP contribution in [0.1, 0.15) is 51.4 Å². The molecule has 2 rings (SSSR count). The van der Waals surface area contributed by atoms with Gasteiger partial charge in [0.25, 0.3) is 0 Å². The van der Waals surface area contributed by atoms with Crippen LogP contribution >= 0.6 is 0 Å². The van der Waals surface area contributed by atoms with Gasteiger partial charge < -0.3 is 10.6 Å². The number of nitrogens with one attached hydrogen (secondary N) is 2. The second-order valence-corrected chi connectivity index (χ2v) is 5.24. The molecule has 1 heterocycles. The van der Waals surface area contributed by atoms with Crippen LogP contribution in [0.25, 0.3) is 0 Å². The maximum Gasteiger partial charge on any atom is 0.223 e. The zero-order valence-corrected chi connectivity index (χ0v) is 10.1. The van der Waals surface area contributed by atoms with E-state index in [0.29, 0.717) is 17.9 Å². The van der Waals surface area contributed by atoms with Crippen molar-refractivity contribution >= 4 is 5.91 Å². The molecule has 1 saturated carbocycles. The summed E-state index contributed by atoms with van der Waals surface area (Å²) in [4.78, 5) is 12.1. The standard InChI is InChI=1S/C13H24N2O/c16-13(11-6-3-1-2-4-7-11)15-12-8-5-9-14-10-12/h11-12,14H,1-10H2,(H,15,16). The summed E-state index contributed by atoms with van der Waals surface area (Å²) in [5.74, 6) is 0.611. The highest BCUT2D eigenvalue weighted by Crippen LogP contribution is 2.23. The highest BCUT2D eigenvalue weighted by atomic mass is 16.1. The van der Waals surface area contributed by atoms with E-state index in [-0.39, 0.29) is 0 Å². The maximum absolute atomic E-state index is 12.1. The summed E-state index contributed by atoms with van der Waals surface area (Å²) in [6, 6.07) is 0.379. The van der Waals surface area contributed by atoms with Gasteiger partial charge in [0, 0.05) is 18.5 Å². The SMILES string of the molecule is O=C(NC1CCCNC1)C1CCCCCC1. The number of piperidine rings is 1. The average Bonchev–Trinajstić information content (AvgIpc) is 2.59. The Morgan fingerprint density at radius 2 is 1.75 bits per heavy atom. The van der Waals surface area contributed by atoms with Crippen LogP contribution in [-0.2, 0) is 4.79 Å². The van der Waals surface area contributed by atoms with E-state index in [0.717, 1.165) is 32.4 Å². The topological polar surface area (TPSA) is 41.1 Å². The summed E-state index contributed by atoms with van der Waals surface area (Å²) in [5.41, 5.74) is 0. The number of rotatable bonds is 2. The van der Waals surface area contributed by atoms with Crippen LogP contribution in [0.4, 0.5) is 0 Å². The van der Waals surface area contributed by atoms with Crippen molar-refractivity contribution in [3.63, 3.8) is 0 Å². The molecule has 1 aliphatic carbocycles. The highest BCUT2D eigenvalue weighted by molar-refractivity contribution is 5.78. The highest BCUT2D eigenvalue weighted by Gasteiger charge is 2.23. The molecule has 0 aromatic rings. The van der Waals surface area contributed by atoms with Crippen molar-refractivity contribution in [2.45, 2.75) is 57.4 Å². The van der Waals surface area contributed by atoms with E-state index < -0.39 is 0 Å². The normalized spacial score (nSPS) is 28.4. The van der Waals surface area contributed by atoms with Crippen molar-refractivity contribution in [1.29, 1.82) is 0 Å². The van der Waals surface area contributed by atoms with E-state index >= 15 is 0 Å². The van der Waals surface area contributed by atoms with Crippen LogP contribution in [0.15, 0.2) is 0 Å². The molecule has 1 amide bonds. The lowest BCUT2D eigenvalue weighted by Gasteiger charge is -2.25. The molecule has 2 aliphatic rings. The predicted octanol–water partition coefficient (Wildman–Crippen LogP) is 1.82. The molecule has 92 valence electrons. The van der Waals surface area contributed by atoms with Gasteiger partial charge in [0.1, 0.15) is 0 Å². The van der Waals surface area contributed by atoms with Gasteiger partial charge in [-0.3, -0.25) is 4.79 Å². The molecular weight excluding hydrogens is 200 g/mol. The van der Waals surface area contributed by atoms with Crippen molar-refractivity contribution in [2.24, 2.45) is 5.92 Å². The van der Waals surface area contributed by atoms with Gasteiger partial charge in [0.2, 0.25) is 5.91 Å². The van der Waals surface area contributed by atoms with E-state index in [2.05, 4.69) is 10.6 Å². The summed E-state index contributed by atoms with van der Waals surface area (Å²) in [7, 11) is 0. The lowest BCUT2D eigenvalue weighted by Crippen LogP contribution is -2.47. The van der Waals surface area contributed by atoms with Gasteiger partial charge >= 0.3 is 0 Å². The largest absolute Gasteiger partial charge is 0.352 e. The summed E-state index contributed by atoms with van der Waals surface area (Å²) < 4.78 is 0. The molecule has 0 radical (unpaired) electrons. The fraction of sp³-hybridized carbons (Fsp3) is 0.923. The third-order valence-electron chi connectivity index (χ3n) is 3.87. The number of amides is 1. The summed E-state index contributed by atoms with van der Waals surface area (Å²) in [6.45, 7) is 2.06. The predicted molar refractivity (Wildman–Crippen MR) is 65.2 cm³/mol. The molecule has 0 aromatic heterocycles. The number of carbonyl (C=O) groups excluding carboxylic acids is 1. The Hall–Kier alpha value is -0.570. The lowest BCUT2D eigenvalue weighted by atomic mass is 9.98. The van der Waals surface area contributed by atoms with Crippen LogP contribution < -0.4 is 10.6 Å². The Balaban J connectivity index is 1.76. The minimum absolute atomic E-state index is 0.296. The number of hydrogen-bond donors (Lipinski definition) is 2. The maximum atomic E-state index is 12.1. The van der Waals surface area contributed by atoms with Gasteiger partial charge in [-0.1, -0.05) is 25.7 Å². The molecule has 1 unspecified atom stereocenters. The van der Waals surface area contributed by atoms with Crippen LogP contribution in [0.3, 0.4) is 0 Å². The smallest absolute Gasteiger partial charge is 0.223 e. The molecule has 0 bridgehead atoms. The number of carbonyl (C=O) groups is 1. The zero-order chi connectivity index (χ0) is 11.2. The first-order valence-corrected chi connectivity index (χ1v) is 6.87. The van der Waals surface area contributed by atoms with Gasteiger partial charge in [0.15, 0.2) is 0 Å². The van der Waals surface area contributed by atoms with Gasteiger partial charge in [-0.05, 0) is 32.2 Å². The molecule has 1 atom stereocenters. The third-order valence-corrected chi connectivity index (χ3v) is 3.87. The first kappa shape index (κ1) is 11.9. The molecule has 3 nitrogen and oxygen atoms in total. The van der Waals surface area contributed by atoms with Crippen molar-refractivity contribution < 1.29 is 4.79 Å². The van der Waals surface area contributed by atoms with Crippen molar-refractivity contribution in [3.8, 4) is 0 Å². The molecule has 2 N–H and O–H groups in total. The Morgan fingerprint density at radius 3 is 2.38 bits per heavy atom. The van der Waals surface area contributed by atoms with Crippen LogP contribution in [0.2, 0.25) is 0 Å². The zero-order valence-electron chi connectivity index (χ0n) is 10.1. The molecule has 0 aromatic carbocycles. The first-order chi connectivity index (χ1) is 7.86. The van der Waals surface area contributed by atoms with E-state index in [1.807, 2.05) is 0 Å². The van der Waals surface area contributed by atoms with E-state index in [1.54, 1.807) is 0 Å². The molecule has 16 heavy (non-hydrogen) atoms. The van der Waals surface area contributed by atoms with Gasteiger partial charge in [-0.25, -0.2) is 0 Å². The molecule has 0 spiro atoms. The Kier molecular flexibility index (Phi) is 4.64. The molecule has 3 heteroatoms. The van der Waals surface area contributed by atoms with E-state index in [4.69, 9.17) is 0 Å². The van der Waals surface area contributed by atoms with Gasteiger partial charge in [-0.2, -0.15) is 0 Å². The van der Waals surface area contributed by atoms with Crippen LogP contribution in [-0.4, -0.2) is 25.0 Å². The molecular formula is C13H24N2O. The molecule has 1 saturated heterocycles. The Bertz CT molecular complexity index is 216.